The SMILES string of the molecule is CCNC(=NCCCc1cn[nH]c1C)NCCc1ccc(OCC)c(OCC)c1.I. The van der Waals surface area contributed by atoms with Crippen molar-refractivity contribution in [2.75, 3.05) is 32.8 Å². The van der Waals surface area contributed by atoms with Crippen LogP contribution in [0.25, 0.3) is 0 Å². The normalized spacial score (nSPS) is 11.0. The van der Waals surface area contributed by atoms with Gasteiger partial charge >= 0.3 is 0 Å². The number of rotatable bonds is 12. The first-order valence-electron chi connectivity index (χ1n) is 10.6. The highest BCUT2D eigenvalue weighted by Gasteiger charge is 2.06. The number of aliphatic imine (C=N–C) groups is 1. The monoisotopic (exact) mass is 529 g/mol. The van der Waals surface area contributed by atoms with Gasteiger partial charge in [0.1, 0.15) is 0 Å². The lowest BCUT2D eigenvalue weighted by Crippen LogP contribution is -2.38. The van der Waals surface area contributed by atoms with Crippen LogP contribution in [0.4, 0.5) is 0 Å². The number of nitrogens with zero attached hydrogens (tertiary/aromatic N) is 2. The molecule has 8 heteroatoms. The molecule has 2 aromatic rings. The molecular formula is C22H36IN5O2. The molecule has 0 amide bonds. The highest BCUT2D eigenvalue weighted by molar-refractivity contribution is 14.0. The van der Waals surface area contributed by atoms with Gasteiger partial charge in [0.25, 0.3) is 0 Å². The van der Waals surface area contributed by atoms with E-state index >= 15 is 0 Å². The maximum atomic E-state index is 5.71. The standard InChI is InChI=1S/C22H35N5O2.HI/c1-5-23-22(24-13-8-9-19-16-26-27-17(19)4)25-14-12-18-10-11-20(28-6-2)21(15-18)29-7-3;/h10-11,15-16H,5-9,12-14H2,1-4H3,(H,26,27)(H2,23,24,25);1H. The summed E-state index contributed by atoms with van der Waals surface area (Å²) in [6.45, 7) is 11.7. The highest BCUT2D eigenvalue weighted by atomic mass is 127. The molecule has 0 fully saturated rings. The van der Waals surface area contributed by atoms with Gasteiger partial charge in [-0.05, 0) is 70.2 Å². The number of guanidine groups is 1. The van der Waals surface area contributed by atoms with Crippen LogP contribution in [-0.4, -0.2) is 49.0 Å². The summed E-state index contributed by atoms with van der Waals surface area (Å²) in [7, 11) is 0. The smallest absolute Gasteiger partial charge is 0.191 e. The average Bonchev–Trinajstić information content (AvgIpc) is 3.12. The Bertz CT molecular complexity index is 764. The Hall–Kier alpha value is -1.97. The number of hydrogen-bond donors (Lipinski definition) is 3. The lowest BCUT2D eigenvalue weighted by atomic mass is 10.1. The first-order valence-corrected chi connectivity index (χ1v) is 10.6. The van der Waals surface area contributed by atoms with Gasteiger partial charge in [-0.1, -0.05) is 6.07 Å². The van der Waals surface area contributed by atoms with Crippen molar-refractivity contribution >= 4 is 29.9 Å². The van der Waals surface area contributed by atoms with Gasteiger partial charge in [-0.2, -0.15) is 5.10 Å². The fourth-order valence-corrected chi connectivity index (χ4v) is 3.01. The summed E-state index contributed by atoms with van der Waals surface area (Å²) < 4.78 is 11.3. The molecule has 7 nitrogen and oxygen atoms in total. The second kappa shape index (κ2) is 14.9. The van der Waals surface area contributed by atoms with Crippen LogP contribution in [0, 0.1) is 6.92 Å². The van der Waals surface area contributed by atoms with Crippen LogP contribution in [0.5, 0.6) is 11.5 Å². The van der Waals surface area contributed by atoms with Crippen LogP contribution in [0.2, 0.25) is 0 Å². The van der Waals surface area contributed by atoms with Crippen molar-refractivity contribution in [3.63, 3.8) is 0 Å². The molecule has 2 rings (SSSR count). The van der Waals surface area contributed by atoms with Crippen molar-refractivity contribution in [3.8, 4) is 11.5 Å². The summed E-state index contributed by atoms with van der Waals surface area (Å²) in [5, 5.41) is 13.8. The van der Waals surface area contributed by atoms with E-state index in [-0.39, 0.29) is 24.0 Å². The van der Waals surface area contributed by atoms with E-state index in [2.05, 4.69) is 51.8 Å². The van der Waals surface area contributed by atoms with Crippen LogP contribution in [0.1, 0.15) is 44.0 Å². The molecule has 168 valence electrons. The van der Waals surface area contributed by atoms with Crippen molar-refractivity contribution in [2.45, 2.75) is 47.0 Å². The fourth-order valence-electron chi connectivity index (χ4n) is 3.01. The summed E-state index contributed by atoms with van der Waals surface area (Å²) in [4.78, 5) is 4.68. The number of aromatic amines is 1. The summed E-state index contributed by atoms with van der Waals surface area (Å²) in [5.41, 5.74) is 3.61. The number of benzene rings is 1. The van der Waals surface area contributed by atoms with E-state index in [1.807, 2.05) is 26.1 Å². The number of hydrogen-bond acceptors (Lipinski definition) is 4. The molecule has 1 aromatic carbocycles. The molecular weight excluding hydrogens is 493 g/mol. The zero-order valence-corrected chi connectivity index (χ0v) is 20.9. The van der Waals surface area contributed by atoms with E-state index in [1.165, 1.54) is 11.1 Å². The number of nitrogens with one attached hydrogen (secondary N) is 3. The molecule has 1 aromatic heterocycles. The van der Waals surface area contributed by atoms with Gasteiger partial charge in [-0.3, -0.25) is 10.1 Å². The zero-order chi connectivity index (χ0) is 20.9. The van der Waals surface area contributed by atoms with E-state index in [0.29, 0.717) is 13.2 Å². The van der Waals surface area contributed by atoms with Crippen LogP contribution in [0.3, 0.4) is 0 Å². The Labute approximate surface area is 197 Å². The topological polar surface area (TPSA) is 83.6 Å². The quantitative estimate of drug-likeness (QED) is 0.168. The predicted octanol–water partition coefficient (Wildman–Crippen LogP) is 3.86. The van der Waals surface area contributed by atoms with Gasteiger partial charge in [-0.15, -0.1) is 24.0 Å². The summed E-state index contributed by atoms with van der Waals surface area (Å²) >= 11 is 0. The van der Waals surface area contributed by atoms with Crippen LogP contribution in [-0.2, 0) is 12.8 Å². The molecule has 1 heterocycles. The minimum atomic E-state index is 0. The maximum absolute atomic E-state index is 5.71. The van der Waals surface area contributed by atoms with Gasteiger partial charge in [0, 0.05) is 25.3 Å². The molecule has 0 atom stereocenters. The Morgan fingerprint density at radius 3 is 2.50 bits per heavy atom. The van der Waals surface area contributed by atoms with Crippen molar-refractivity contribution < 1.29 is 9.47 Å². The minimum Gasteiger partial charge on any atom is -0.490 e. The van der Waals surface area contributed by atoms with Crippen LogP contribution < -0.4 is 20.1 Å². The zero-order valence-electron chi connectivity index (χ0n) is 18.6. The second-order valence-corrected chi connectivity index (χ2v) is 6.71. The number of aromatic nitrogens is 2. The average molecular weight is 529 g/mol. The number of halogens is 1. The number of ether oxygens (including phenoxy) is 2. The first-order chi connectivity index (χ1) is 14.2. The van der Waals surface area contributed by atoms with Crippen molar-refractivity contribution in [2.24, 2.45) is 4.99 Å². The van der Waals surface area contributed by atoms with Crippen molar-refractivity contribution in [3.05, 3.63) is 41.2 Å². The minimum absolute atomic E-state index is 0. The molecule has 30 heavy (non-hydrogen) atoms. The molecule has 0 saturated heterocycles. The maximum Gasteiger partial charge on any atom is 0.191 e. The number of aryl methyl sites for hydroxylation is 2. The lowest BCUT2D eigenvalue weighted by molar-refractivity contribution is 0.287. The van der Waals surface area contributed by atoms with Crippen LogP contribution in [0.15, 0.2) is 29.4 Å². The molecule has 0 bridgehead atoms. The summed E-state index contributed by atoms with van der Waals surface area (Å²) in [5.74, 6) is 2.46. The van der Waals surface area contributed by atoms with Gasteiger partial charge in [0.05, 0.1) is 19.4 Å². The fraction of sp³-hybridized carbons (Fsp3) is 0.545. The Morgan fingerprint density at radius 1 is 1.07 bits per heavy atom. The molecule has 0 saturated carbocycles. The third-order valence-corrected chi connectivity index (χ3v) is 4.47. The predicted molar refractivity (Wildman–Crippen MR) is 134 cm³/mol. The Kier molecular flexibility index (Phi) is 13.0. The first kappa shape index (κ1) is 26.1. The molecule has 3 N–H and O–H groups in total. The van der Waals surface area contributed by atoms with Crippen molar-refractivity contribution in [1.82, 2.24) is 20.8 Å². The lowest BCUT2D eigenvalue weighted by Gasteiger charge is -2.14. The third-order valence-electron chi connectivity index (χ3n) is 4.47. The molecule has 0 aliphatic heterocycles. The molecule has 0 unspecified atom stereocenters. The van der Waals surface area contributed by atoms with Crippen LogP contribution >= 0.6 is 24.0 Å². The van der Waals surface area contributed by atoms with E-state index in [0.717, 1.165) is 62.0 Å². The van der Waals surface area contributed by atoms with E-state index in [9.17, 15) is 0 Å². The van der Waals surface area contributed by atoms with E-state index < -0.39 is 0 Å². The number of H-pyrrole nitrogens is 1. The summed E-state index contributed by atoms with van der Waals surface area (Å²) in [6, 6.07) is 6.14. The largest absolute Gasteiger partial charge is 0.490 e. The summed E-state index contributed by atoms with van der Waals surface area (Å²) in [6.07, 6.45) is 4.76. The van der Waals surface area contributed by atoms with Gasteiger partial charge in [0.2, 0.25) is 0 Å². The van der Waals surface area contributed by atoms with Gasteiger partial charge < -0.3 is 20.1 Å². The van der Waals surface area contributed by atoms with E-state index in [4.69, 9.17) is 9.47 Å². The Balaban J connectivity index is 0.00000450. The third kappa shape index (κ3) is 8.81. The molecule has 0 radical (unpaired) electrons. The van der Waals surface area contributed by atoms with Gasteiger partial charge in [0.15, 0.2) is 17.5 Å². The Morgan fingerprint density at radius 2 is 1.83 bits per heavy atom. The van der Waals surface area contributed by atoms with Crippen molar-refractivity contribution in [1.29, 1.82) is 0 Å². The molecule has 0 spiro atoms. The second-order valence-electron chi connectivity index (χ2n) is 6.71. The highest BCUT2D eigenvalue weighted by Crippen LogP contribution is 2.28. The molecule has 0 aliphatic carbocycles. The van der Waals surface area contributed by atoms with Gasteiger partial charge in [-0.25, -0.2) is 0 Å². The molecule has 0 aliphatic rings. The van der Waals surface area contributed by atoms with E-state index in [1.54, 1.807) is 0 Å².